The Morgan fingerprint density at radius 1 is 1.39 bits per heavy atom. The number of aromatic nitrogens is 3. The molecular formula is C15H21N5O3. The van der Waals surface area contributed by atoms with E-state index in [-0.39, 0.29) is 11.9 Å². The Balaban J connectivity index is 2.05. The van der Waals surface area contributed by atoms with Crippen molar-refractivity contribution < 1.29 is 14.1 Å². The van der Waals surface area contributed by atoms with Crippen molar-refractivity contribution in [2.75, 3.05) is 31.4 Å². The average molecular weight is 319 g/mol. The number of nitrogens with one attached hydrogen (secondary N) is 1. The summed E-state index contributed by atoms with van der Waals surface area (Å²) in [5.74, 6) is 1.21. The van der Waals surface area contributed by atoms with Crippen LogP contribution in [-0.2, 0) is 11.2 Å². The summed E-state index contributed by atoms with van der Waals surface area (Å²) >= 11 is 0. The first-order valence-electron chi connectivity index (χ1n) is 7.22. The second kappa shape index (κ2) is 7.08. The number of aryl methyl sites for hydroxylation is 2. The van der Waals surface area contributed by atoms with Crippen LogP contribution in [0.15, 0.2) is 10.7 Å². The first-order chi connectivity index (χ1) is 10.9. The lowest BCUT2D eigenvalue weighted by Crippen LogP contribution is -2.19. The Kier molecular flexibility index (Phi) is 5.15. The molecule has 124 valence electrons. The average Bonchev–Trinajstić information content (AvgIpc) is 2.84. The minimum absolute atomic E-state index is 0.123. The first kappa shape index (κ1) is 16.7. The zero-order valence-electron chi connectivity index (χ0n) is 14.0. The maximum absolute atomic E-state index is 12.2. The molecule has 0 bridgehead atoms. The summed E-state index contributed by atoms with van der Waals surface area (Å²) in [7, 11) is 5.17. The van der Waals surface area contributed by atoms with Crippen LogP contribution < -0.4 is 15.0 Å². The van der Waals surface area contributed by atoms with Crippen molar-refractivity contribution in [2.24, 2.45) is 0 Å². The van der Waals surface area contributed by atoms with E-state index >= 15 is 0 Å². The zero-order chi connectivity index (χ0) is 17.0. The molecule has 8 nitrogen and oxygen atoms in total. The van der Waals surface area contributed by atoms with Gasteiger partial charge in [0.2, 0.25) is 5.91 Å². The third-order valence-corrected chi connectivity index (χ3v) is 3.41. The Labute approximate surface area is 134 Å². The largest absolute Gasteiger partial charge is 0.467 e. The molecule has 0 aliphatic rings. The van der Waals surface area contributed by atoms with Crippen molar-refractivity contribution in [1.82, 2.24) is 15.1 Å². The Morgan fingerprint density at radius 2 is 2.13 bits per heavy atom. The molecule has 8 heteroatoms. The van der Waals surface area contributed by atoms with Gasteiger partial charge in [0.1, 0.15) is 11.4 Å². The number of rotatable bonds is 6. The molecule has 2 rings (SSSR count). The fourth-order valence-corrected chi connectivity index (χ4v) is 2.19. The van der Waals surface area contributed by atoms with Crippen molar-refractivity contribution in [3.05, 3.63) is 23.2 Å². The number of ether oxygens (including phenoxy) is 1. The van der Waals surface area contributed by atoms with Crippen LogP contribution in [-0.4, -0.2) is 42.2 Å². The maximum Gasteiger partial charge on any atom is 0.318 e. The van der Waals surface area contributed by atoms with Crippen molar-refractivity contribution in [3.8, 4) is 6.01 Å². The number of hydrogen-bond acceptors (Lipinski definition) is 7. The number of nitrogens with zero attached hydrogens (tertiary/aromatic N) is 4. The number of anilines is 2. The Morgan fingerprint density at radius 3 is 2.70 bits per heavy atom. The molecule has 0 radical (unpaired) electrons. The third-order valence-electron chi connectivity index (χ3n) is 3.41. The summed E-state index contributed by atoms with van der Waals surface area (Å²) in [5, 5.41) is 6.72. The van der Waals surface area contributed by atoms with E-state index < -0.39 is 0 Å². The van der Waals surface area contributed by atoms with Gasteiger partial charge in [0.15, 0.2) is 5.82 Å². The highest BCUT2D eigenvalue weighted by atomic mass is 16.5. The molecule has 0 fully saturated rings. The lowest BCUT2D eigenvalue weighted by molar-refractivity contribution is -0.116. The van der Waals surface area contributed by atoms with Crippen LogP contribution in [0, 0.1) is 13.8 Å². The van der Waals surface area contributed by atoms with Crippen molar-refractivity contribution in [2.45, 2.75) is 26.7 Å². The van der Waals surface area contributed by atoms with Gasteiger partial charge < -0.3 is 19.5 Å². The predicted molar refractivity (Wildman–Crippen MR) is 85.8 cm³/mol. The van der Waals surface area contributed by atoms with Gasteiger partial charge in [-0.05, 0) is 20.3 Å². The van der Waals surface area contributed by atoms with Crippen molar-refractivity contribution in [3.63, 3.8) is 0 Å². The molecule has 0 aliphatic heterocycles. The van der Waals surface area contributed by atoms with E-state index in [0.29, 0.717) is 24.3 Å². The normalized spacial score (nSPS) is 10.5. The number of methoxy groups -OCH3 is 1. The number of hydrogen-bond donors (Lipinski definition) is 1. The van der Waals surface area contributed by atoms with Gasteiger partial charge in [-0.3, -0.25) is 4.79 Å². The highest BCUT2D eigenvalue weighted by Gasteiger charge is 2.14. The molecule has 2 aromatic heterocycles. The molecule has 1 amide bonds. The first-order valence-corrected chi connectivity index (χ1v) is 7.22. The summed E-state index contributed by atoms with van der Waals surface area (Å²) in [4.78, 5) is 22.2. The Hall–Kier alpha value is -2.64. The van der Waals surface area contributed by atoms with E-state index in [2.05, 4.69) is 20.4 Å². The lowest BCUT2D eigenvalue weighted by atomic mass is 10.1. The molecule has 0 spiro atoms. The highest BCUT2D eigenvalue weighted by Crippen LogP contribution is 2.23. The summed E-state index contributed by atoms with van der Waals surface area (Å²) in [6.07, 6.45) is 2.43. The van der Waals surface area contributed by atoms with E-state index in [1.54, 1.807) is 4.90 Å². The number of carbonyl (C=O) groups is 1. The molecule has 2 heterocycles. The predicted octanol–water partition coefficient (Wildman–Crippen LogP) is 1.73. The molecule has 23 heavy (non-hydrogen) atoms. The maximum atomic E-state index is 12.2. The standard InChI is InChI=1S/C15H21N5O3/c1-9-11(10(2)23-19-9)6-7-13(21)17-12-8-16-15(22-5)18-14(12)20(3)4/h8H,6-7H2,1-5H3,(H,17,21). The van der Waals surface area contributed by atoms with Gasteiger partial charge in [0.05, 0.1) is 19.0 Å². The number of carbonyl (C=O) groups excluding carboxylic acids is 1. The zero-order valence-corrected chi connectivity index (χ0v) is 14.0. The Bertz CT molecular complexity index is 677. The van der Waals surface area contributed by atoms with E-state index in [4.69, 9.17) is 9.26 Å². The van der Waals surface area contributed by atoms with Gasteiger partial charge in [0, 0.05) is 26.1 Å². The molecule has 0 atom stereocenters. The van der Waals surface area contributed by atoms with Crippen LogP contribution in [0.3, 0.4) is 0 Å². The summed E-state index contributed by atoms with van der Waals surface area (Å²) in [6, 6.07) is 0.252. The van der Waals surface area contributed by atoms with Gasteiger partial charge in [0.25, 0.3) is 0 Å². The van der Waals surface area contributed by atoms with Gasteiger partial charge in [-0.15, -0.1) is 0 Å². The second-order valence-corrected chi connectivity index (χ2v) is 5.34. The summed E-state index contributed by atoms with van der Waals surface area (Å²) in [6.45, 7) is 3.71. The summed E-state index contributed by atoms with van der Waals surface area (Å²) in [5.41, 5.74) is 2.33. The fraction of sp³-hybridized carbons (Fsp3) is 0.467. The molecule has 0 aromatic carbocycles. The van der Waals surface area contributed by atoms with Crippen LogP contribution in [0.4, 0.5) is 11.5 Å². The molecule has 0 unspecified atom stereocenters. The molecule has 0 saturated carbocycles. The summed E-state index contributed by atoms with van der Waals surface area (Å²) < 4.78 is 10.1. The van der Waals surface area contributed by atoms with Crippen LogP contribution in [0.2, 0.25) is 0 Å². The van der Waals surface area contributed by atoms with Crippen LogP contribution in [0.1, 0.15) is 23.4 Å². The minimum Gasteiger partial charge on any atom is -0.467 e. The topological polar surface area (TPSA) is 93.4 Å². The van der Waals surface area contributed by atoms with E-state index in [1.807, 2.05) is 27.9 Å². The van der Waals surface area contributed by atoms with Gasteiger partial charge >= 0.3 is 6.01 Å². The highest BCUT2D eigenvalue weighted by molar-refractivity contribution is 5.93. The van der Waals surface area contributed by atoms with Gasteiger partial charge in [-0.25, -0.2) is 4.98 Å². The van der Waals surface area contributed by atoms with E-state index in [0.717, 1.165) is 17.0 Å². The van der Waals surface area contributed by atoms with Crippen molar-refractivity contribution in [1.29, 1.82) is 0 Å². The second-order valence-electron chi connectivity index (χ2n) is 5.34. The van der Waals surface area contributed by atoms with Crippen LogP contribution >= 0.6 is 0 Å². The van der Waals surface area contributed by atoms with E-state index in [1.165, 1.54) is 13.3 Å². The van der Waals surface area contributed by atoms with Gasteiger partial charge in [-0.1, -0.05) is 5.16 Å². The molecule has 0 saturated heterocycles. The number of amides is 1. The van der Waals surface area contributed by atoms with Crippen molar-refractivity contribution >= 4 is 17.4 Å². The molecule has 1 N–H and O–H groups in total. The van der Waals surface area contributed by atoms with Crippen LogP contribution in [0.5, 0.6) is 6.01 Å². The smallest absolute Gasteiger partial charge is 0.318 e. The molecule has 0 aliphatic carbocycles. The van der Waals surface area contributed by atoms with E-state index in [9.17, 15) is 4.79 Å². The monoisotopic (exact) mass is 319 g/mol. The van der Waals surface area contributed by atoms with Crippen LogP contribution in [0.25, 0.3) is 0 Å². The lowest BCUT2D eigenvalue weighted by Gasteiger charge is -2.16. The molecule has 2 aromatic rings. The minimum atomic E-state index is -0.123. The SMILES string of the molecule is COc1ncc(NC(=O)CCc2c(C)noc2C)c(N(C)C)n1. The molecular weight excluding hydrogens is 298 g/mol. The fourth-order valence-electron chi connectivity index (χ4n) is 2.19. The third kappa shape index (κ3) is 3.97. The van der Waals surface area contributed by atoms with Gasteiger partial charge in [-0.2, -0.15) is 4.98 Å². The quantitative estimate of drug-likeness (QED) is 0.866.